The molecule has 0 fully saturated rings. The number of H-pyrrole nitrogens is 1. The molecule has 8 heteroatoms. The summed E-state index contributed by atoms with van der Waals surface area (Å²) in [6.45, 7) is 4.96. The predicted octanol–water partition coefficient (Wildman–Crippen LogP) is 0.0718. The Bertz CT molecular complexity index is 502. The summed E-state index contributed by atoms with van der Waals surface area (Å²) in [4.78, 5) is 0.172. The summed E-state index contributed by atoms with van der Waals surface area (Å²) in [6.07, 6.45) is 1.54. The first-order valence-electron chi connectivity index (χ1n) is 5.08. The number of rotatable bonds is 5. The van der Waals surface area contributed by atoms with E-state index in [0.717, 1.165) is 0 Å². The number of hydrogen-bond donors (Lipinski definition) is 2. The molecule has 98 valence electrons. The van der Waals surface area contributed by atoms with Gasteiger partial charge in [0.2, 0.25) is 10.0 Å². The van der Waals surface area contributed by atoms with Gasteiger partial charge in [0.1, 0.15) is 4.90 Å². The zero-order chi connectivity index (χ0) is 13.2. The minimum atomic E-state index is -3.60. The van der Waals surface area contributed by atoms with E-state index >= 15 is 0 Å². The Morgan fingerprint density at radius 2 is 2.06 bits per heavy atom. The van der Waals surface area contributed by atoms with E-state index in [1.165, 1.54) is 0 Å². The van der Waals surface area contributed by atoms with Crippen molar-refractivity contribution in [3.63, 3.8) is 0 Å². The molecule has 1 aromatic heterocycles. The SMILES string of the molecule is Cc1n[nH]c(C)c1S(=O)(=O)NC(C)CS(C)=O. The summed E-state index contributed by atoms with van der Waals surface area (Å²) < 4.78 is 37.6. The van der Waals surface area contributed by atoms with Gasteiger partial charge in [-0.1, -0.05) is 0 Å². The third kappa shape index (κ3) is 3.62. The van der Waals surface area contributed by atoms with Gasteiger partial charge in [0.05, 0.1) is 11.4 Å². The summed E-state index contributed by atoms with van der Waals surface area (Å²) in [5.41, 5.74) is 0.930. The molecule has 0 amide bonds. The molecule has 1 heterocycles. The topological polar surface area (TPSA) is 91.9 Å². The maximum atomic E-state index is 12.1. The first-order valence-corrected chi connectivity index (χ1v) is 8.29. The Balaban J connectivity index is 2.94. The van der Waals surface area contributed by atoms with Crippen molar-refractivity contribution in [3.05, 3.63) is 11.4 Å². The zero-order valence-corrected chi connectivity index (χ0v) is 11.9. The zero-order valence-electron chi connectivity index (χ0n) is 10.3. The van der Waals surface area contributed by atoms with Crippen LogP contribution in [-0.2, 0) is 20.8 Å². The van der Waals surface area contributed by atoms with Crippen LogP contribution in [-0.4, -0.2) is 40.9 Å². The lowest BCUT2D eigenvalue weighted by atomic mass is 10.4. The van der Waals surface area contributed by atoms with Gasteiger partial charge >= 0.3 is 0 Å². The van der Waals surface area contributed by atoms with E-state index in [1.54, 1.807) is 27.0 Å². The van der Waals surface area contributed by atoms with Crippen LogP contribution in [0.2, 0.25) is 0 Å². The van der Waals surface area contributed by atoms with Crippen molar-refractivity contribution >= 4 is 20.8 Å². The number of aromatic nitrogens is 2. The molecule has 0 aliphatic heterocycles. The largest absolute Gasteiger partial charge is 0.281 e. The van der Waals surface area contributed by atoms with Crippen LogP contribution in [0.4, 0.5) is 0 Å². The molecule has 0 aliphatic rings. The summed E-state index contributed by atoms with van der Waals surface area (Å²) >= 11 is 0. The molecule has 1 rings (SSSR count). The highest BCUT2D eigenvalue weighted by atomic mass is 32.2. The van der Waals surface area contributed by atoms with Gasteiger partial charge in [-0.25, -0.2) is 13.1 Å². The molecule has 0 bridgehead atoms. The van der Waals surface area contributed by atoms with E-state index in [-0.39, 0.29) is 16.7 Å². The van der Waals surface area contributed by atoms with Crippen LogP contribution in [0.3, 0.4) is 0 Å². The minimum absolute atomic E-state index is 0.172. The van der Waals surface area contributed by atoms with Crippen molar-refractivity contribution in [1.29, 1.82) is 0 Å². The van der Waals surface area contributed by atoms with Gasteiger partial charge in [-0.15, -0.1) is 0 Å². The fraction of sp³-hybridized carbons (Fsp3) is 0.667. The molecule has 2 N–H and O–H groups in total. The highest BCUT2D eigenvalue weighted by molar-refractivity contribution is 7.89. The van der Waals surface area contributed by atoms with Crippen molar-refractivity contribution < 1.29 is 12.6 Å². The minimum Gasteiger partial charge on any atom is -0.281 e. The average molecular weight is 279 g/mol. The third-order valence-electron chi connectivity index (χ3n) is 2.17. The summed E-state index contributed by atoms with van der Waals surface area (Å²) in [5, 5.41) is 6.47. The van der Waals surface area contributed by atoms with Crippen LogP contribution >= 0.6 is 0 Å². The molecule has 1 aromatic rings. The molecule has 6 nitrogen and oxygen atoms in total. The molecule has 0 radical (unpaired) electrons. The Labute approximate surface area is 104 Å². The molecular formula is C9H17N3O3S2. The maximum absolute atomic E-state index is 12.1. The summed E-state index contributed by atoms with van der Waals surface area (Å²) in [5.74, 6) is 0.287. The van der Waals surface area contributed by atoms with Crippen molar-refractivity contribution in [3.8, 4) is 0 Å². The Morgan fingerprint density at radius 3 is 2.47 bits per heavy atom. The van der Waals surface area contributed by atoms with Gasteiger partial charge in [0, 0.05) is 28.9 Å². The molecule has 2 atom stereocenters. The lowest BCUT2D eigenvalue weighted by Gasteiger charge is -2.12. The van der Waals surface area contributed by atoms with E-state index in [0.29, 0.717) is 11.4 Å². The van der Waals surface area contributed by atoms with E-state index < -0.39 is 20.8 Å². The highest BCUT2D eigenvalue weighted by Gasteiger charge is 2.24. The Kier molecular flexibility index (Phi) is 4.45. The standard InChI is InChI=1S/C9H17N3O3S2/c1-6(5-16(4)13)12-17(14,15)9-7(2)10-11-8(9)3/h6,12H,5H2,1-4H3,(H,10,11). The molecule has 2 unspecified atom stereocenters. The van der Waals surface area contributed by atoms with Gasteiger partial charge < -0.3 is 0 Å². The van der Waals surface area contributed by atoms with Crippen molar-refractivity contribution in [2.75, 3.05) is 12.0 Å². The molecule has 0 saturated carbocycles. The maximum Gasteiger partial charge on any atom is 0.244 e. The molecule has 0 aliphatic carbocycles. The molecule has 0 saturated heterocycles. The van der Waals surface area contributed by atoms with Gasteiger partial charge in [0.15, 0.2) is 0 Å². The van der Waals surface area contributed by atoms with Crippen molar-refractivity contribution in [1.82, 2.24) is 14.9 Å². The number of sulfonamides is 1. The van der Waals surface area contributed by atoms with Crippen LogP contribution in [0, 0.1) is 13.8 Å². The normalized spacial score (nSPS) is 15.8. The Hall–Kier alpha value is -0.730. The van der Waals surface area contributed by atoms with Crippen LogP contribution in [0.5, 0.6) is 0 Å². The highest BCUT2D eigenvalue weighted by Crippen LogP contribution is 2.16. The van der Waals surface area contributed by atoms with Gasteiger partial charge in [-0.05, 0) is 20.8 Å². The van der Waals surface area contributed by atoms with E-state index in [1.807, 2.05) is 0 Å². The second-order valence-corrected chi connectivity index (χ2v) is 7.16. The predicted molar refractivity (Wildman–Crippen MR) is 66.8 cm³/mol. The van der Waals surface area contributed by atoms with E-state index in [9.17, 15) is 12.6 Å². The van der Waals surface area contributed by atoms with Crippen LogP contribution in [0.1, 0.15) is 18.3 Å². The third-order valence-corrected chi connectivity index (χ3v) is 4.99. The van der Waals surface area contributed by atoms with Crippen LogP contribution in [0.25, 0.3) is 0 Å². The fourth-order valence-electron chi connectivity index (χ4n) is 1.65. The number of aromatic amines is 1. The quantitative estimate of drug-likeness (QED) is 0.798. The monoisotopic (exact) mass is 279 g/mol. The second kappa shape index (κ2) is 5.28. The van der Waals surface area contributed by atoms with Gasteiger partial charge in [0.25, 0.3) is 0 Å². The second-order valence-electron chi connectivity index (χ2n) is 4.03. The van der Waals surface area contributed by atoms with Crippen molar-refractivity contribution in [2.24, 2.45) is 0 Å². The lowest BCUT2D eigenvalue weighted by Crippen LogP contribution is -2.36. The molecule has 17 heavy (non-hydrogen) atoms. The smallest absolute Gasteiger partial charge is 0.244 e. The van der Waals surface area contributed by atoms with Crippen molar-refractivity contribution in [2.45, 2.75) is 31.7 Å². The fourth-order valence-corrected chi connectivity index (χ4v) is 4.15. The van der Waals surface area contributed by atoms with E-state index in [2.05, 4.69) is 14.9 Å². The number of hydrogen-bond acceptors (Lipinski definition) is 4. The van der Waals surface area contributed by atoms with Gasteiger partial charge in [-0.2, -0.15) is 5.10 Å². The van der Waals surface area contributed by atoms with Crippen LogP contribution < -0.4 is 4.72 Å². The molecule has 0 aromatic carbocycles. The first kappa shape index (κ1) is 14.3. The number of aryl methyl sites for hydroxylation is 2. The van der Waals surface area contributed by atoms with E-state index in [4.69, 9.17) is 0 Å². The first-order chi connectivity index (χ1) is 7.74. The molecular weight excluding hydrogens is 262 g/mol. The number of nitrogens with one attached hydrogen (secondary N) is 2. The average Bonchev–Trinajstić information content (AvgIpc) is 2.43. The van der Waals surface area contributed by atoms with Gasteiger partial charge in [-0.3, -0.25) is 9.31 Å². The van der Waals surface area contributed by atoms with Crippen LogP contribution in [0.15, 0.2) is 4.90 Å². The number of nitrogens with zero attached hydrogens (tertiary/aromatic N) is 1. The Morgan fingerprint density at radius 1 is 1.47 bits per heavy atom. The lowest BCUT2D eigenvalue weighted by molar-refractivity contribution is 0.569. The summed E-state index contributed by atoms with van der Waals surface area (Å²) in [6, 6.07) is -0.375. The summed E-state index contributed by atoms with van der Waals surface area (Å²) in [7, 11) is -4.64. The molecule has 0 spiro atoms.